The van der Waals surface area contributed by atoms with Gasteiger partial charge in [0.2, 0.25) is 0 Å². The second-order valence-corrected chi connectivity index (χ2v) is 12.8. The van der Waals surface area contributed by atoms with Crippen molar-refractivity contribution in [2.24, 2.45) is 11.1 Å². The first-order valence-corrected chi connectivity index (χ1v) is 14.6. The van der Waals surface area contributed by atoms with Crippen LogP contribution in [0.1, 0.15) is 78.7 Å². The third-order valence-electron chi connectivity index (χ3n) is 8.88. The van der Waals surface area contributed by atoms with Crippen molar-refractivity contribution in [3.05, 3.63) is 69.8 Å². The van der Waals surface area contributed by atoms with E-state index in [-0.39, 0.29) is 11.5 Å². The Balaban J connectivity index is 1.16. The van der Waals surface area contributed by atoms with Gasteiger partial charge in [0, 0.05) is 36.1 Å². The highest BCUT2D eigenvalue weighted by atomic mass is 35.5. The van der Waals surface area contributed by atoms with Crippen LogP contribution in [0.3, 0.4) is 0 Å². The Labute approximate surface area is 227 Å². The molecule has 0 unspecified atom stereocenters. The molecule has 2 saturated carbocycles. The van der Waals surface area contributed by atoms with E-state index in [2.05, 4.69) is 34.1 Å². The summed E-state index contributed by atoms with van der Waals surface area (Å²) in [6.45, 7) is 3.74. The summed E-state index contributed by atoms with van der Waals surface area (Å²) in [6.07, 6.45) is 8.65. The van der Waals surface area contributed by atoms with Gasteiger partial charge in [-0.25, -0.2) is 9.97 Å². The summed E-state index contributed by atoms with van der Waals surface area (Å²) in [7, 11) is 0. The zero-order valence-corrected chi connectivity index (χ0v) is 22.7. The topological polar surface area (TPSA) is 88.2 Å². The summed E-state index contributed by atoms with van der Waals surface area (Å²) in [5.41, 5.74) is 11.3. The quantitative estimate of drug-likeness (QED) is 0.435. The van der Waals surface area contributed by atoms with E-state index in [1.165, 1.54) is 22.9 Å². The molecule has 37 heavy (non-hydrogen) atoms. The third kappa shape index (κ3) is 4.06. The van der Waals surface area contributed by atoms with Crippen molar-refractivity contribution >= 4 is 29.2 Å². The largest absolute Gasteiger partial charge is 0.383 e. The lowest BCUT2D eigenvalue weighted by atomic mass is 9.73. The molecular formula is C29H32ClN5OS. The van der Waals surface area contributed by atoms with E-state index in [0.29, 0.717) is 11.6 Å². The van der Waals surface area contributed by atoms with Gasteiger partial charge in [0.05, 0.1) is 16.4 Å². The van der Waals surface area contributed by atoms with Gasteiger partial charge in [-0.3, -0.25) is 4.98 Å². The zero-order valence-electron chi connectivity index (χ0n) is 21.1. The highest BCUT2D eigenvalue weighted by molar-refractivity contribution is 7.99. The van der Waals surface area contributed by atoms with Crippen LogP contribution in [0.4, 0.5) is 5.82 Å². The predicted molar refractivity (Wildman–Crippen MR) is 146 cm³/mol. The summed E-state index contributed by atoms with van der Waals surface area (Å²) in [5, 5.41) is 12.8. The number of hydrogen-bond acceptors (Lipinski definition) is 7. The molecule has 1 atom stereocenters. The Morgan fingerprint density at radius 2 is 1.84 bits per heavy atom. The van der Waals surface area contributed by atoms with Crippen molar-refractivity contribution in [1.82, 2.24) is 15.0 Å². The lowest BCUT2D eigenvalue weighted by molar-refractivity contribution is 0.144. The van der Waals surface area contributed by atoms with Gasteiger partial charge in [-0.1, -0.05) is 47.6 Å². The number of rotatable bonds is 5. The molecule has 2 aromatic heterocycles. The maximum absolute atomic E-state index is 11.2. The van der Waals surface area contributed by atoms with Crippen molar-refractivity contribution < 1.29 is 5.11 Å². The summed E-state index contributed by atoms with van der Waals surface area (Å²) >= 11 is 8.28. The second kappa shape index (κ2) is 8.67. The Hall–Kier alpha value is -2.19. The van der Waals surface area contributed by atoms with Crippen LogP contribution in [0.25, 0.3) is 0 Å². The van der Waals surface area contributed by atoms with E-state index < -0.39 is 5.60 Å². The molecule has 1 saturated heterocycles. The lowest BCUT2D eigenvalue weighted by Gasteiger charge is -2.43. The molecule has 3 N–H and O–H groups in total. The standard InChI is InChI=1S/C29H32ClN5OS/c1-17-27(37-21-8-13-32-23(22(21)30)18-6-7-18)34-25(29(36)9-10-29)26(33-17)35-14-11-28(12-15-35)16-19-4-2-3-5-20(19)24(28)31/h2-5,8,13,18,24,36H,6-7,9-12,14-16,31H2,1H3/t24-/m1/s1. The van der Waals surface area contributed by atoms with Gasteiger partial charge in [0.25, 0.3) is 0 Å². The van der Waals surface area contributed by atoms with Crippen LogP contribution in [-0.2, 0) is 12.0 Å². The Kier molecular flexibility index (Phi) is 5.60. The molecule has 3 aliphatic carbocycles. The summed E-state index contributed by atoms with van der Waals surface area (Å²) in [4.78, 5) is 17.9. The fourth-order valence-corrected chi connectivity index (χ4v) is 7.46. The van der Waals surface area contributed by atoms with E-state index >= 15 is 0 Å². The molecule has 1 aromatic carbocycles. The van der Waals surface area contributed by atoms with Crippen molar-refractivity contribution in [3.63, 3.8) is 0 Å². The Morgan fingerprint density at radius 1 is 1.08 bits per heavy atom. The Bertz CT molecular complexity index is 1380. The minimum Gasteiger partial charge on any atom is -0.383 e. The van der Waals surface area contributed by atoms with E-state index in [4.69, 9.17) is 27.3 Å². The number of anilines is 1. The smallest absolute Gasteiger partial charge is 0.153 e. The average molecular weight is 534 g/mol. The number of halogens is 1. The van der Waals surface area contributed by atoms with Crippen LogP contribution in [-0.4, -0.2) is 33.1 Å². The van der Waals surface area contributed by atoms with E-state index in [1.54, 1.807) is 0 Å². The number of aromatic nitrogens is 3. The fraction of sp³-hybridized carbons (Fsp3) is 0.483. The van der Waals surface area contributed by atoms with E-state index in [1.807, 2.05) is 19.2 Å². The van der Waals surface area contributed by atoms with Crippen LogP contribution in [0, 0.1) is 12.3 Å². The molecular weight excluding hydrogens is 502 g/mol. The molecule has 1 aliphatic heterocycles. The van der Waals surface area contributed by atoms with Crippen LogP contribution in [0.5, 0.6) is 0 Å². The first-order chi connectivity index (χ1) is 17.9. The Morgan fingerprint density at radius 3 is 2.54 bits per heavy atom. The first kappa shape index (κ1) is 23.9. The molecule has 3 aromatic rings. The van der Waals surface area contributed by atoms with Crippen LogP contribution in [0.2, 0.25) is 5.02 Å². The van der Waals surface area contributed by atoms with Crippen molar-refractivity contribution in [3.8, 4) is 0 Å². The number of fused-ring (bicyclic) bond motifs is 1. The predicted octanol–water partition coefficient (Wildman–Crippen LogP) is 5.69. The summed E-state index contributed by atoms with van der Waals surface area (Å²) < 4.78 is 0. The number of aliphatic hydroxyl groups is 1. The normalized spacial score (nSPS) is 23.4. The maximum atomic E-state index is 11.2. The van der Waals surface area contributed by atoms with Gasteiger partial charge < -0.3 is 15.7 Å². The third-order valence-corrected chi connectivity index (χ3v) is 10.5. The molecule has 6 nitrogen and oxygen atoms in total. The highest BCUT2D eigenvalue weighted by Gasteiger charge is 2.49. The SMILES string of the molecule is Cc1nc(N2CCC3(CC2)Cc2ccccc2[C@H]3N)c(C2(O)CC2)nc1Sc1ccnc(C2CC2)c1Cl. The van der Waals surface area contributed by atoms with Crippen molar-refractivity contribution in [2.75, 3.05) is 18.0 Å². The van der Waals surface area contributed by atoms with E-state index in [0.717, 1.165) is 90.2 Å². The van der Waals surface area contributed by atoms with E-state index in [9.17, 15) is 5.11 Å². The van der Waals surface area contributed by atoms with Crippen LogP contribution >= 0.6 is 23.4 Å². The number of nitrogens with zero attached hydrogens (tertiary/aromatic N) is 4. The van der Waals surface area contributed by atoms with Crippen molar-refractivity contribution in [1.29, 1.82) is 0 Å². The number of nitrogens with two attached hydrogens (primary N) is 1. The fourth-order valence-electron chi connectivity index (χ4n) is 6.21. The first-order valence-electron chi connectivity index (χ1n) is 13.4. The highest BCUT2D eigenvalue weighted by Crippen LogP contribution is 2.53. The van der Waals surface area contributed by atoms with Crippen LogP contribution < -0.4 is 10.6 Å². The van der Waals surface area contributed by atoms with Gasteiger partial charge >= 0.3 is 0 Å². The van der Waals surface area contributed by atoms with Crippen LogP contribution in [0.15, 0.2) is 46.5 Å². The molecule has 1 spiro atoms. The molecule has 0 radical (unpaired) electrons. The number of hydrogen-bond donors (Lipinski definition) is 2. The molecule has 0 amide bonds. The molecule has 3 fully saturated rings. The number of pyridine rings is 1. The molecule has 8 heteroatoms. The van der Waals surface area contributed by atoms with Crippen molar-refractivity contribution in [2.45, 2.75) is 79.4 Å². The molecule has 192 valence electrons. The number of piperidine rings is 1. The monoisotopic (exact) mass is 533 g/mol. The minimum atomic E-state index is -0.887. The van der Waals surface area contributed by atoms with Gasteiger partial charge in [-0.15, -0.1) is 0 Å². The van der Waals surface area contributed by atoms with Gasteiger partial charge in [0.15, 0.2) is 5.82 Å². The number of benzene rings is 1. The lowest BCUT2D eigenvalue weighted by Crippen LogP contribution is -2.45. The number of aryl methyl sites for hydroxylation is 1. The second-order valence-electron chi connectivity index (χ2n) is 11.4. The maximum Gasteiger partial charge on any atom is 0.153 e. The summed E-state index contributed by atoms with van der Waals surface area (Å²) in [6, 6.07) is 10.7. The molecule has 3 heterocycles. The van der Waals surface area contributed by atoms with Gasteiger partial charge in [-0.2, -0.15) is 0 Å². The minimum absolute atomic E-state index is 0.0789. The van der Waals surface area contributed by atoms with Gasteiger partial charge in [-0.05, 0) is 74.5 Å². The average Bonchev–Trinajstić information content (AvgIpc) is 3.84. The molecule has 0 bridgehead atoms. The van der Waals surface area contributed by atoms with Gasteiger partial charge in [0.1, 0.15) is 16.3 Å². The molecule has 4 aliphatic rings. The summed E-state index contributed by atoms with van der Waals surface area (Å²) in [5.74, 6) is 1.31. The molecule has 7 rings (SSSR count). The zero-order chi connectivity index (χ0) is 25.4.